The number of allylic oxidation sites excluding steroid dienone is 4. The first-order valence-corrected chi connectivity index (χ1v) is 5.80. The Bertz CT molecular complexity index is 864. The summed E-state index contributed by atoms with van der Waals surface area (Å²) in [5.74, 6) is -7.74. The first kappa shape index (κ1) is 15.8. The van der Waals surface area contributed by atoms with Gasteiger partial charge in [-0.1, -0.05) is 0 Å². The summed E-state index contributed by atoms with van der Waals surface area (Å²) >= 11 is 0. The highest BCUT2D eigenvalue weighted by Crippen LogP contribution is 2.47. The molecule has 110 valence electrons. The number of hydrogen-bond donors (Lipinski definition) is 0. The van der Waals surface area contributed by atoms with Crippen LogP contribution in [0.15, 0.2) is 11.4 Å². The maximum atomic E-state index is 14.1. The summed E-state index contributed by atoms with van der Waals surface area (Å²) in [6.45, 7) is 13.7. The minimum atomic E-state index is -2.09. The van der Waals surface area contributed by atoms with E-state index in [1.807, 2.05) is 0 Å². The molecule has 0 spiro atoms. The second-order valence-electron chi connectivity index (χ2n) is 4.28. The van der Waals surface area contributed by atoms with E-state index >= 15 is 0 Å². The summed E-state index contributed by atoms with van der Waals surface area (Å²) < 4.78 is 55.1. The maximum Gasteiger partial charge on any atom is 0.266 e. The number of benzene rings is 1. The minimum Gasteiger partial charge on any atom is -0.226 e. The lowest BCUT2D eigenvalue weighted by Gasteiger charge is -2.07. The van der Waals surface area contributed by atoms with E-state index in [9.17, 15) is 17.6 Å². The van der Waals surface area contributed by atoms with Crippen LogP contribution in [-0.4, -0.2) is 0 Å². The Hall–Kier alpha value is -3.62. The summed E-state index contributed by atoms with van der Waals surface area (Å²) in [6.07, 6.45) is -0.525. The first-order chi connectivity index (χ1) is 10.9. The van der Waals surface area contributed by atoms with Gasteiger partial charge < -0.3 is 0 Å². The predicted molar refractivity (Wildman–Crippen MR) is 69.2 cm³/mol. The average Bonchev–Trinajstić information content (AvgIpc) is 2.94. The second kappa shape index (κ2) is 5.64. The van der Waals surface area contributed by atoms with Crippen LogP contribution < -0.4 is 0 Å². The summed E-state index contributed by atoms with van der Waals surface area (Å²) in [5.41, 5.74) is -3.71. The van der Waals surface area contributed by atoms with Crippen molar-refractivity contribution in [2.45, 2.75) is 6.42 Å². The fourth-order valence-electron chi connectivity index (χ4n) is 2.28. The third-order valence-electron chi connectivity index (χ3n) is 3.23. The van der Waals surface area contributed by atoms with Gasteiger partial charge in [0, 0.05) is 11.1 Å². The minimum absolute atomic E-state index is 0.390. The lowest BCUT2D eigenvalue weighted by Crippen LogP contribution is -2.03. The summed E-state index contributed by atoms with van der Waals surface area (Å²) in [6, 6.07) is 2.90. The molecule has 0 N–H and O–H groups in total. The van der Waals surface area contributed by atoms with Crippen LogP contribution in [-0.2, 0) is 0 Å². The molecule has 1 aliphatic carbocycles. The maximum absolute atomic E-state index is 14.1. The highest BCUT2D eigenvalue weighted by atomic mass is 19.2. The van der Waals surface area contributed by atoms with E-state index in [0.717, 1.165) is 0 Å². The van der Waals surface area contributed by atoms with Crippen LogP contribution in [0.4, 0.5) is 17.6 Å². The molecule has 0 heterocycles. The lowest BCUT2D eigenvalue weighted by atomic mass is 10.0. The number of nitrogens with zero attached hydrogens (tertiary/aromatic N) is 4. The quantitative estimate of drug-likeness (QED) is 0.239. The van der Waals surface area contributed by atoms with E-state index in [0.29, 0.717) is 0 Å². The summed E-state index contributed by atoms with van der Waals surface area (Å²) in [7, 11) is 0. The van der Waals surface area contributed by atoms with Crippen molar-refractivity contribution in [3.8, 4) is 12.1 Å². The van der Waals surface area contributed by atoms with Crippen molar-refractivity contribution < 1.29 is 17.6 Å². The van der Waals surface area contributed by atoms with Crippen LogP contribution in [0, 0.1) is 59.1 Å². The molecule has 1 aliphatic rings. The predicted octanol–water partition coefficient (Wildman–Crippen LogP) is 3.95. The molecule has 0 saturated carbocycles. The topological polar surface area (TPSA) is 56.3 Å². The van der Waals surface area contributed by atoms with Crippen molar-refractivity contribution in [3.05, 3.63) is 68.6 Å². The standard InChI is InChI=1S/C15H2F4N4/c1-22-8(4-20)6-3-7(9(5-21)23-2)11-10(6)12(16)14(18)15(19)13(11)17/h3H2/b8-6-,9-7-. The Morgan fingerprint density at radius 3 is 1.39 bits per heavy atom. The van der Waals surface area contributed by atoms with Crippen molar-refractivity contribution in [3.63, 3.8) is 0 Å². The molecule has 0 bridgehead atoms. The zero-order chi connectivity index (χ0) is 17.3. The molecule has 0 unspecified atom stereocenters. The van der Waals surface area contributed by atoms with E-state index in [1.54, 1.807) is 0 Å². The third-order valence-corrected chi connectivity index (χ3v) is 3.23. The molecule has 1 aromatic rings. The van der Waals surface area contributed by atoms with Gasteiger partial charge in [-0.05, 0) is 17.6 Å². The second-order valence-corrected chi connectivity index (χ2v) is 4.28. The van der Waals surface area contributed by atoms with Crippen molar-refractivity contribution in [1.82, 2.24) is 0 Å². The molecule has 23 heavy (non-hydrogen) atoms. The van der Waals surface area contributed by atoms with Crippen LogP contribution in [0.25, 0.3) is 20.8 Å². The third kappa shape index (κ3) is 2.11. The Balaban J connectivity index is 3.11. The molecule has 0 fully saturated rings. The highest BCUT2D eigenvalue weighted by Gasteiger charge is 2.36. The molecule has 2 rings (SSSR count). The van der Waals surface area contributed by atoms with Gasteiger partial charge in [-0.2, -0.15) is 0 Å². The van der Waals surface area contributed by atoms with E-state index in [-0.39, 0.29) is 11.1 Å². The fourth-order valence-corrected chi connectivity index (χ4v) is 2.28. The van der Waals surface area contributed by atoms with Gasteiger partial charge in [0.25, 0.3) is 11.4 Å². The highest BCUT2D eigenvalue weighted by molar-refractivity contribution is 5.97. The molecule has 0 aliphatic heterocycles. The lowest BCUT2D eigenvalue weighted by molar-refractivity contribution is 0.407. The Morgan fingerprint density at radius 2 is 1.13 bits per heavy atom. The van der Waals surface area contributed by atoms with Crippen molar-refractivity contribution >= 4 is 11.1 Å². The zero-order valence-electron chi connectivity index (χ0n) is 11.0. The molecule has 0 saturated heterocycles. The molecule has 8 heteroatoms. The first-order valence-electron chi connectivity index (χ1n) is 5.80. The van der Waals surface area contributed by atoms with Crippen LogP contribution >= 0.6 is 0 Å². The van der Waals surface area contributed by atoms with Crippen LogP contribution in [0.1, 0.15) is 17.5 Å². The summed E-state index contributed by atoms with van der Waals surface area (Å²) in [5, 5.41) is 17.8. The molecular weight excluding hydrogens is 312 g/mol. The van der Waals surface area contributed by atoms with Gasteiger partial charge in [-0.3, -0.25) is 0 Å². The number of nitriles is 2. The molecule has 0 radical (unpaired) electrons. The Morgan fingerprint density at radius 1 is 0.783 bits per heavy atom. The van der Waals surface area contributed by atoms with E-state index in [2.05, 4.69) is 9.69 Å². The van der Waals surface area contributed by atoms with Crippen molar-refractivity contribution in [1.29, 1.82) is 10.5 Å². The normalized spacial score (nSPS) is 16.5. The van der Waals surface area contributed by atoms with Gasteiger partial charge in [-0.15, -0.1) is 0 Å². The number of hydrogen-bond acceptors (Lipinski definition) is 2. The van der Waals surface area contributed by atoms with E-state index in [4.69, 9.17) is 23.7 Å². The number of fused-ring (bicyclic) bond motifs is 1. The zero-order valence-corrected chi connectivity index (χ0v) is 11.0. The largest absolute Gasteiger partial charge is 0.266 e. The number of halogens is 4. The Labute approximate surface area is 127 Å². The van der Waals surface area contributed by atoms with Crippen molar-refractivity contribution in [2.75, 3.05) is 0 Å². The van der Waals surface area contributed by atoms with Gasteiger partial charge >= 0.3 is 0 Å². The smallest absolute Gasteiger partial charge is 0.226 e. The fraction of sp³-hybridized carbons (Fsp3) is 0.0667. The van der Waals surface area contributed by atoms with E-state index in [1.165, 1.54) is 12.1 Å². The van der Waals surface area contributed by atoms with Crippen LogP contribution in [0.2, 0.25) is 0 Å². The molecule has 4 nitrogen and oxygen atoms in total. The van der Waals surface area contributed by atoms with Gasteiger partial charge in [-0.25, -0.2) is 37.8 Å². The average molecular weight is 314 g/mol. The summed E-state index contributed by atoms with van der Waals surface area (Å²) in [4.78, 5) is 5.67. The number of rotatable bonds is 0. The van der Waals surface area contributed by atoms with Crippen LogP contribution in [0.3, 0.4) is 0 Å². The van der Waals surface area contributed by atoms with Crippen molar-refractivity contribution in [2.24, 2.45) is 0 Å². The van der Waals surface area contributed by atoms with E-state index < -0.39 is 52.2 Å². The van der Waals surface area contributed by atoms with Gasteiger partial charge in [0.15, 0.2) is 23.3 Å². The molecule has 0 amide bonds. The molecular formula is C15H2F4N4. The van der Waals surface area contributed by atoms with Crippen LogP contribution in [0.5, 0.6) is 0 Å². The van der Waals surface area contributed by atoms with Gasteiger partial charge in [0.1, 0.15) is 0 Å². The molecule has 0 atom stereocenters. The van der Waals surface area contributed by atoms with Gasteiger partial charge in [0.2, 0.25) is 0 Å². The van der Waals surface area contributed by atoms with Gasteiger partial charge in [0.05, 0.1) is 25.3 Å². The Kier molecular flexibility index (Phi) is 3.86. The molecule has 0 aromatic heterocycles. The monoisotopic (exact) mass is 314 g/mol. The molecule has 1 aromatic carbocycles. The SMILES string of the molecule is [C-]#[N+]/C(C#N)=C1/C/C(=C(\C#N)[N+]#[C-])c2c(F)c(F)c(F)c(F)c21.